The van der Waals surface area contributed by atoms with Gasteiger partial charge in [0.2, 0.25) is 0 Å². The summed E-state index contributed by atoms with van der Waals surface area (Å²) in [5.41, 5.74) is 0. The molecule has 0 spiro atoms. The van der Waals surface area contributed by atoms with E-state index in [-0.39, 0.29) is 11.9 Å². The third-order valence-corrected chi connectivity index (χ3v) is 2.96. The normalized spacial score (nSPS) is 13.2. The molecular weight excluding hydrogens is 202 g/mol. The van der Waals surface area contributed by atoms with E-state index in [0.29, 0.717) is 5.92 Å². The molecule has 0 bridgehead atoms. The van der Waals surface area contributed by atoms with E-state index in [1.807, 2.05) is 0 Å². The summed E-state index contributed by atoms with van der Waals surface area (Å²) in [6.45, 7) is 8.20. The highest BCUT2D eigenvalue weighted by Gasteiger charge is 2.24. The maximum atomic E-state index is 11.6. The summed E-state index contributed by atoms with van der Waals surface area (Å²) in [4.78, 5) is 13.8. The molecule has 0 aliphatic rings. The van der Waals surface area contributed by atoms with E-state index in [9.17, 15) is 4.79 Å². The molecule has 0 rings (SSSR count). The number of nitrogens with zero attached hydrogens (tertiary/aromatic N) is 1. The van der Waals surface area contributed by atoms with Crippen LogP contribution >= 0.6 is 0 Å². The minimum atomic E-state index is -0.0858. The average Bonchev–Trinajstić information content (AvgIpc) is 2.25. The van der Waals surface area contributed by atoms with Crippen LogP contribution in [0.4, 0.5) is 0 Å². The Morgan fingerprint density at radius 2 is 1.94 bits per heavy atom. The first kappa shape index (κ1) is 15.4. The molecule has 0 fully saturated rings. The van der Waals surface area contributed by atoms with Crippen molar-refractivity contribution < 1.29 is 9.53 Å². The second kappa shape index (κ2) is 8.57. The van der Waals surface area contributed by atoms with Gasteiger partial charge in [0.1, 0.15) is 0 Å². The quantitative estimate of drug-likeness (QED) is 0.473. The minimum absolute atomic E-state index is 0.00312. The Labute approximate surface area is 100 Å². The molecule has 0 aromatic heterocycles. The fourth-order valence-corrected chi connectivity index (χ4v) is 1.77. The Bertz CT molecular complexity index is 192. The molecule has 0 aromatic carbocycles. The molecule has 0 aliphatic heterocycles. The van der Waals surface area contributed by atoms with E-state index in [0.717, 1.165) is 13.1 Å². The number of carbonyl (C=O) groups excluding carboxylic acids is 1. The average molecular weight is 229 g/mol. The van der Waals surface area contributed by atoms with Crippen molar-refractivity contribution in [2.45, 2.75) is 40.0 Å². The molecule has 0 amide bonds. The van der Waals surface area contributed by atoms with Crippen LogP contribution in [0.2, 0.25) is 0 Å². The van der Waals surface area contributed by atoms with E-state index in [4.69, 9.17) is 4.74 Å². The third-order valence-electron chi connectivity index (χ3n) is 2.96. The fraction of sp³-hybridized carbons (Fsp3) is 0.923. The molecule has 0 radical (unpaired) electrons. The number of ether oxygens (including phenoxy) is 1. The van der Waals surface area contributed by atoms with Crippen LogP contribution in [-0.4, -0.2) is 38.1 Å². The molecule has 0 saturated heterocycles. The number of hydrogen-bond donors (Lipinski definition) is 0. The first-order valence-corrected chi connectivity index (χ1v) is 6.29. The molecule has 0 aromatic rings. The maximum Gasteiger partial charge on any atom is 0.310 e. The SMILES string of the molecule is CCCCCN(C)CC(C(=O)OC)C(C)C. The van der Waals surface area contributed by atoms with Gasteiger partial charge in [-0.2, -0.15) is 0 Å². The highest BCUT2D eigenvalue weighted by Crippen LogP contribution is 2.14. The fourth-order valence-electron chi connectivity index (χ4n) is 1.77. The third kappa shape index (κ3) is 6.11. The molecular formula is C13H27NO2. The zero-order valence-corrected chi connectivity index (χ0v) is 11.5. The first-order chi connectivity index (χ1) is 7.52. The van der Waals surface area contributed by atoms with E-state index in [2.05, 4.69) is 32.7 Å². The topological polar surface area (TPSA) is 29.5 Å². The number of esters is 1. The van der Waals surface area contributed by atoms with Crippen LogP contribution in [0.25, 0.3) is 0 Å². The van der Waals surface area contributed by atoms with Crippen LogP contribution in [0.5, 0.6) is 0 Å². The predicted octanol–water partition coefficient (Wildman–Crippen LogP) is 2.55. The molecule has 3 heteroatoms. The van der Waals surface area contributed by atoms with Gasteiger partial charge in [-0.15, -0.1) is 0 Å². The van der Waals surface area contributed by atoms with Gasteiger partial charge in [0.25, 0.3) is 0 Å². The Kier molecular flexibility index (Phi) is 8.26. The van der Waals surface area contributed by atoms with Gasteiger partial charge < -0.3 is 9.64 Å². The van der Waals surface area contributed by atoms with Gasteiger partial charge in [-0.05, 0) is 25.9 Å². The first-order valence-electron chi connectivity index (χ1n) is 6.29. The van der Waals surface area contributed by atoms with Crippen LogP contribution in [0.15, 0.2) is 0 Å². The summed E-state index contributed by atoms with van der Waals surface area (Å²) < 4.78 is 4.83. The summed E-state index contributed by atoms with van der Waals surface area (Å²) in [6.07, 6.45) is 3.70. The monoisotopic (exact) mass is 229 g/mol. The van der Waals surface area contributed by atoms with Crippen molar-refractivity contribution in [2.24, 2.45) is 11.8 Å². The van der Waals surface area contributed by atoms with Crippen molar-refractivity contribution in [3.63, 3.8) is 0 Å². The second-order valence-electron chi connectivity index (χ2n) is 4.84. The zero-order valence-electron chi connectivity index (χ0n) is 11.5. The molecule has 96 valence electrons. The lowest BCUT2D eigenvalue weighted by Crippen LogP contribution is -2.34. The van der Waals surface area contributed by atoms with E-state index < -0.39 is 0 Å². The molecule has 1 atom stereocenters. The van der Waals surface area contributed by atoms with Crippen molar-refractivity contribution >= 4 is 5.97 Å². The molecule has 3 nitrogen and oxygen atoms in total. The number of rotatable bonds is 8. The Morgan fingerprint density at radius 3 is 2.38 bits per heavy atom. The van der Waals surface area contributed by atoms with E-state index in [1.165, 1.54) is 26.4 Å². The van der Waals surface area contributed by atoms with Gasteiger partial charge in [0, 0.05) is 6.54 Å². The number of unbranched alkanes of at least 4 members (excludes halogenated alkanes) is 2. The zero-order chi connectivity index (χ0) is 12.6. The second-order valence-corrected chi connectivity index (χ2v) is 4.84. The highest BCUT2D eigenvalue weighted by atomic mass is 16.5. The van der Waals surface area contributed by atoms with Crippen molar-refractivity contribution in [1.29, 1.82) is 0 Å². The largest absolute Gasteiger partial charge is 0.469 e. The molecule has 0 N–H and O–H groups in total. The predicted molar refractivity (Wildman–Crippen MR) is 67.4 cm³/mol. The van der Waals surface area contributed by atoms with Gasteiger partial charge in [0.05, 0.1) is 13.0 Å². The van der Waals surface area contributed by atoms with Gasteiger partial charge in [0.15, 0.2) is 0 Å². The van der Waals surface area contributed by atoms with Crippen LogP contribution in [-0.2, 0) is 9.53 Å². The van der Waals surface area contributed by atoms with Gasteiger partial charge in [-0.25, -0.2) is 0 Å². The van der Waals surface area contributed by atoms with Crippen LogP contribution in [0.1, 0.15) is 40.0 Å². The Hall–Kier alpha value is -0.570. The van der Waals surface area contributed by atoms with Gasteiger partial charge in [-0.1, -0.05) is 33.6 Å². The van der Waals surface area contributed by atoms with Gasteiger partial charge >= 0.3 is 5.97 Å². The summed E-state index contributed by atoms with van der Waals surface area (Å²) in [5.74, 6) is 0.245. The Balaban J connectivity index is 4.03. The number of carbonyl (C=O) groups is 1. The minimum Gasteiger partial charge on any atom is -0.469 e. The lowest BCUT2D eigenvalue weighted by Gasteiger charge is -2.24. The summed E-state index contributed by atoms with van der Waals surface area (Å²) in [5, 5.41) is 0. The van der Waals surface area contributed by atoms with Crippen LogP contribution < -0.4 is 0 Å². The lowest BCUT2D eigenvalue weighted by atomic mass is 9.95. The van der Waals surface area contributed by atoms with E-state index >= 15 is 0 Å². The standard InChI is InChI=1S/C13H27NO2/c1-6-7-8-9-14(4)10-12(11(2)3)13(15)16-5/h11-12H,6-10H2,1-5H3. The summed E-state index contributed by atoms with van der Waals surface area (Å²) in [7, 11) is 3.54. The van der Waals surface area contributed by atoms with Gasteiger partial charge in [-0.3, -0.25) is 4.79 Å². The summed E-state index contributed by atoms with van der Waals surface area (Å²) in [6, 6.07) is 0. The number of methoxy groups -OCH3 is 1. The highest BCUT2D eigenvalue weighted by molar-refractivity contribution is 5.72. The van der Waals surface area contributed by atoms with Crippen molar-refractivity contribution in [1.82, 2.24) is 4.90 Å². The van der Waals surface area contributed by atoms with Crippen LogP contribution in [0, 0.1) is 11.8 Å². The molecule has 0 aliphatic carbocycles. The number of hydrogen-bond acceptors (Lipinski definition) is 3. The molecule has 1 unspecified atom stereocenters. The lowest BCUT2D eigenvalue weighted by molar-refractivity contribution is -0.147. The molecule has 0 saturated carbocycles. The molecule has 0 heterocycles. The van der Waals surface area contributed by atoms with Crippen LogP contribution in [0.3, 0.4) is 0 Å². The van der Waals surface area contributed by atoms with Crippen molar-refractivity contribution in [3.05, 3.63) is 0 Å². The smallest absolute Gasteiger partial charge is 0.310 e. The molecule has 16 heavy (non-hydrogen) atoms. The summed E-state index contributed by atoms with van der Waals surface area (Å²) >= 11 is 0. The maximum absolute atomic E-state index is 11.6. The van der Waals surface area contributed by atoms with Crippen molar-refractivity contribution in [3.8, 4) is 0 Å². The van der Waals surface area contributed by atoms with E-state index in [1.54, 1.807) is 0 Å². The van der Waals surface area contributed by atoms with Crippen molar-refractivity contribution in [2.75, 3.05) is 27.2 Å². The Morgan fingerprint density at radius 1 is 1.31 bits per heavy atom.